The van der Waals surface area contributed by atoms with E-state index in [0.29, 0.717) is 10.9 Å². The largest absolute Gasteiger partial charge is 0.305 e. The third kappa shape index (κ3) is 2.33. The molecule has 112 valence electrons. The van der Waals surface area contributed by atoms with Gasteiger partial charge in [0.15, 0.2) is 5.82 Å². The normalized spacial score (nSPS) is 14.7. The molecule has 6 heteroatoms. The van der Waals surface area contributed by atoms with Gasteiger partial charge in [0.1, 0.15) is 4.83 Å². The second kappa shape index (κ2) is 5.33. The van der Waals surface area contributed by atoms with Crippen LogP contribution < -0.4 is 5.56 Å². The summed E-state index contributed by atoms with van der Waals surface area (Å²) in [6, 6.07) is 4.06. The summed E-state index contributed by atoms with van der Waals surface area (Å²) in [5.41, 5.74) is 1.11. The van der Waals surface area contributed by atoms with Crippen LogP contribution in [-0.4, -0.2) is 9.97 Å². The Morgan fingerprint density at radius 1 is 1.36 bits per heavy atom. The van der Waals surface area contributed by atoms with Gasteiger partial charge in [-0.2, -0.15) is 0 Å². The molecule has 22 heavy (non-hydrogen) atoms. The number of H-pyrrole nitrogens is 1. The first kappa shape index (κ1) is 14.2. The molecule has 3 aromatic heterocycles. The maximum atomic E-state index is 12.4. The average Bonchev–Trinajstić information content (AvgIpc) is 3.13. The highest BCUT2D eigenvalue weighted by Gasteiger charge is 2.21. The molecule has 0 aliphatic heterocycles. The number of nitrogens with one attached hydrogen (secondary N) is 1. The molecule has 3 nitrogen and oxygen atoms in total. The fourth-order valence-electron chi connectivity index (χ4n) is 2.84. The summed E-state index contributed by atoms with van der Waals surface area (Å²) in [5, 5.41) is 1.23. The van der Waals surface area contributed by atoms with Crippen LogP contribution in [0.2, 0.25) is 0 Å². The summed E-state index contributed by atoms with van der Waals surface area (Å²) in [6.07, 6.45) is 5.03. The highest BCUT2D eigenvalue weighted by molar-refractivity contribution is 7.18. The van der Waals surface area contributed by atoms with Gasteiger partial charge in [0.05, 0.1) is 10.4 Å². The van der Waals surface area contributed by atoms with Crippen LogP contribution in [0.15, 0.2) is 16.9 Å². The monoisotopic (exact) mass is 348 g/mol. The summed E-state index contributed by atoms with van der Waals surface area (Å²) >= 11 is 9.64. The zero-order valence-corrected chi connectivity index (χ0v) is 14.3. The van der Waals surface area contributed by atoms with E-state index in [1.807, 2.05) is 18.2 Å². The van der Waals surface area contributed by atoms with Crippen molar-refractivity contribution in [3.05, 3.63) is 48.5 Å². The topological polar surface area (TPSA) is 45.8 Å². The van der Waals surface area contributed by atoms with E-state index in [1.54, 1.807) is 22.7 Å². The number of halogens is 1. The summed E-state index contributed by atoms with van der Waals surface area (Å²) in [6.45, 7) is 2.05. The molecule has 0 aromatic carbocycles. The number of nitrogens with zero attached hydrogens (tertiary/aromatic N) is 1. The zero-order chi connectivity index (χ0) is 15.3. The van der Waals surface area contributed by atoms with Crippen LogP contribution in [0.3, 0.4) is 0 Å². The third-order valence-corrected chi connectivity index (χ3v) is 6.25. The standard InChI is InChI=1S/C16H13ClN2OS2/c1-8-5-6-9(21-8)7-11(17)14-18-15(20)13-10-3-2-4-12(10)22-16(13)19-14/h5-7H,2-4H2,1H3,(H,18,19,20)/b11-7-. The Hall–Kier alpha value is -1.43. The van der Waals surface area contributed by atoms with Crippen molar-refractivity contribution in [2.45, 2.75) is 26.2 Å². The van der Waals surface area contributed by atoms with Gasteiger partial charge in [-0.3, -0.25) is 4.79 Å². The SMILES string of the molecule is Cc1ccc(/C=C(\Cl)c2nc3sc4c(c3c(=O)[nH]2)CCC4)s1. The van der Waals surface area contributed by atoms with Crippen molar-refractivity contribution in [3.63, 3.8) is 0 Å². The molecule has 0 bridgehead atoms. The van der Waals surface area contributed by atoms with Crippen molar-refractivity contribution >= 4 is 55.6 Å². The van der Waals surface area contributed by atoms with Gasteiger partial charge in [0.25, 0.3) is 5.56 Å². The summed E-state index contributed by atoms with van der Waals surface area (Å²) in [7, 11) is 0. The molecule has 4 rings (SSSR count). The molecule has 1 aliphatic rings. The smallest absolute Gasteiger partial charge is 0.260 e. The lowest BCUT2D eigenvalue weighted by atomic mass is 10.2. The molecule has 3 heterocycles. The maximum absolute atomic E-state index is 12.4. The number of hydrogen-bond acceptors (Lipinski definition) is 4. The van der Waals surface area contributed by atoms with E-state index in [1.165, 1.54) is 15.3 Å². The minimum Gasteiger partial charge on any atom is -0.305 e. The molecule has 0 amide bonds. The van der Waals surface area contributed by atoms with E-state index >= 15 is 0 Å². The van der Waals surface area contributed by atoms with Crippen LogP contribution in [0.5, 0.6) is 0 Å². The van der Waals surface area contributed by atoms with Crippen LogP contribution >= 0.6 is 34.3 Å². The van der Waals surface area contributed by atoms with Gasteiger partial charge in [-0.25, -0.2) is 4.98 Å². The Balaban J connectivity index is 1.83. The Labute approximate surface area is 140 Å². The molecule has 0 saturated carbocycles. The van der Waals surface area contributed by atoms with Crippen LogP contribution in [0, 0.1) is 6.92 Å². The third-order valence-electron chi connectivity index (χ3n) is 3.83. The van der Waals surface area contributed by atoms with Crippen molar-refractivity contribution in [3.8, 4) is 0 Å². The number of fused-ring (bicyclic) bond motifs is 3. The molecule has 0 atom stereocenters. The minimum absolute atomic E-state index is 0.0756. The van der Waals surface area contributed by atoms with Crippen molar-refractivity contribution in [1.29, 1.82) is 0 Å². The quantitative estimate of drug-likeness (QED) is 0.736. The van der Waals surface area contributed by atoms with E-state index in [0.717, 1.165) is 34.4 Å². The molecule has 1 aliphatic carbocycles. The summed E-state index contributed by atoms with van der Waals surface area (Å²) < 4.78 is 0. The van der Waals surface area contributed by atoms with E-state index in [-0.39, 0.29) is 5.56 Å². The van der Waals surface area contributed by atoms with Gasteiger partial charge in [-0.1, -0.05) is 11.6 Å². The lowest BCUT2D eigenvalue weighted by molar-refractivity contribution is 0.916. The Bertz CT molecular complexity index is 964. The summed E-state index contributed by atoms with van der Waals surface area (Å²) in [5.74, 6) is 0.449. The molecular weight excluding hydrogens is 336 g/mol. The first-order valence-corrected chi connectivity index (χ1v) is 9.11. The second-order valence-corrected chi connectivity index (χ2v) is 8.20. The molecule has 0 radical (unpaired) electrons. The number of thiophene rings is 2. The van der Waals surface area contributed by atoms with E-state index in [4.69, 9.17) is 11.6 Å². The van der Waals surface area contributed by atoms with Crippen LogP contribution in [0.4, 0.5) is 0 Å². The number of aryl methyl sites for hydroxylation is 3. The van der Waals surface area contributed by atoms with Gasteiger partial charge in [0, 0.05) is 14.6 Å². The first-order valence-electron chi connectivity index (χ1n) is 7.10. The number of hydrogen-bond donors (Lipinski definition) is 1. The number of aromatic amines is 1. The predicted octanol–water partition coefficient (Wildman–Crippen LogP) is 4.58. The Morgan fingerprint density at radius 3 is 3.00 bits per heavy atom. The zero-order valence-electron chi connectivity index (χ0n) is 11.9. The Kier molecular flexibility index (Phi) is 3.44. The fourth-order valence-corrected chi connectivity index (χ4v) is 5.19. The van der Waals surface area contributed by atoms with Crippen molar-refractivity contribution in [2.75, 3.05) is 0 Å². The first-order chi connectivity index (χ1) is 10.6. The predicted molar refractivity (Wildman–Crippen MR) is 95.0 cm³/mol. The van der Waals surface area contributed by atoms with Crippen molar-refractivity contribution < 1.29 is 0 Å². The molecule has 1 N–H and O–H groups in total. The van der Waals surface area contributed by atoms with E-state index < -0.39 is 0 Å². The van der Waals surface area contributed by atoms with Gasteiger partial charge < -0.3 is 4.98 Å². The van der Waals surface area contributed by atoms with Gasteiger partial charge >= 0.3 is 0 Å². The maximum Gasteiger partial charge on any atom is 0.260 e. The molecule has 0 saturated heterocycles. The lowest BCUT2D eigenvalue weighted by Crippen LogP contribution is -2.10. The number of rotatable bonds is 2. The minimum atomic E-state index is -0.0756. The van der Waals surface area contributed by atoms with Crippen molar-refractivity contribution in [1.82, 2.24) is 9.97 Å². The molecule has 0 spiro atoms. The van der Waals surface area contributed by atoms with Crippen LogP contribution in [-0.2, 0) is 12.8 Å². The average molecular weight is 349 g/mol. The highest BCUT2D eigenvalue weighted by atomic mass is 35.5. The van der Waals surface area contributed by atoms with Gasteiger partial charge in [-0.15, -0.1) is 22.7 Å². The van der Waals surface area contributed by atoms with Gasteiger partial charge in [-0.05, 0) is 50.0 Å². The molecular formula is C16H13ClN2OS2. The van der Waals surface area contributed by atoms with Gasteiger partial charge in [0.2, 0.25) is 0 Å². The Morgan fingerprint density at radius 2 is 2.23 bits per heavy atom. The lowest BCUT2D eigenvalue weighted by Gasteiger charge is -2.00. The molecule has 0 unspecified atom stereocenters. The van der Waals surface area contributed by atoms with E-state index in [2.05, 4.69) is 16.9 Å². The van der Waals surface area contributed by atoms with E-state index in [9.17, 15) is 4.79 Å². The number of aromatic nitrogens is 2. The van der Waals surface area contributed by atoms with Crippen LogP contribution in [0.1, 0.15) is 32.4 Å². The fraction of sp³-hybridized carbons (Fsp3) is 0.250. The molecule has 3 aromatic rings. The van der Waals surface area contributed by atoms with Crippen molar-refractivity contribution in [2.24, 2.45) is 0 Å². The second-order valence-electron chi connectivity index (χ2n) is 5.39. The van der Waals surface area contributed by atoms with Crippen LogP contribution in [0.25, 0.3) is 21.3 Å². The highest BCUT2D eigenvalue weighted by Crippen LogP contribution is 2.35. The molecule has 0 fully saturated rings. The summed E-state index contributed by atoms with van der Waals surface area (Å²) in [4.78, 5) is 24.2.